The lowest BCUT2D eigenvalue weighted by Gasteiger charge is -2.34. The first kappa shape index (κ1) is 27.7. The Morgan fingerprint density at radius 1 is 1.00 bits per heavy atom. The van der Waals surface area contributed by atoms with Crippen molar-refractivity contribution < 1.29 is 14.6 Å². The summed E-state index contributed by atoms with van der Waals surface area (Å²) in [6.07, 6.45) is 1.55. The van der Waals surface area contributed by atoms with Crippen molar-refractivity contribution in [1.29, 1.82) is 0 Å². The normalized spacial score (nSPS) is 15.9. The zero-order chi connectivity index (χ0) is 26.5. The molecule has 3 rings (SSSR count). The molecule has 1 saturated heterocycles. The number of carbonyl (C=O) groups is 1. The Hall–Kier alpha value is -2.90. The van der Waals surface area contributed by atoms with Gasteiger partial charge < -0.3 is 9.84 Å². The summed E-state index contributed by atoms with van der Waals surface area (Å²) in [6, 6.07) is 12.2. The van der Waals surface area contributed by atoms with Crippen LogP contribution in [0.5, 0.6) is 11.5 Å². The molecule has 0 unspecified atom stereocenters. The second kappa shape index (κ2) is 11.4. The number of nitrogens with one attached hydrogen (secondary N) is 1. The van der Waals surface area contributed by atoms with Gasteiger partial charge in [0.15, 0.2) is 0 Å². The molecule has 0 radical (unpaired) electrons. The summed E-state index contributed by atoms with van der Waals surface area (Å²) < 4.78 is 5.23. The molecular formula is C29H42N4O3. The summed E-state index contributed by atoms with van der Waals surface area (Å²) in [6.45, 7) is 17.3. The molecule has 1 heterocycles. The van der Waals surface area contributed by atoms with Crippen LogP contribution in [0, 0.1) is 0 Å². The third-order valence-electron chi connectivity index (χ3n) is 6.60. The van der Waals surface area contributed by atoms with Crippen LogP contribution in [-0.2, 0) is 22.2 Å². The quantitative estimate of drug-likeness (QED) is 0.444. The molecule has 1 aliphatic rings. The van der Waals surface area contributed by atoms with E-state index in [4.69, 9.17) is 4.74 Å². The van der Waals surface area contributed by atoms with Gasteiger partial charge in [-0.1, -0.05) is 59.7 Å². The number of hydrogen-bond donors (Lipinski definition) is 2. The number of aromatic hydroxyl groups is 1. The van der Waals surface area contributed by atoms with Crippen LogP contribution in [0.3, 0.4) is 0 Å². The predicted octanol–water partition coefficient (Wildman–Crippen LogP) is 4.26. The molecule has 0 aliphatic carbocycles. The number of methoxy groups -OCH3 is 1. The molecule has 0 spiro atoms. The number of amides is 1. The zero-order valence-corrected chi connectivity index (χ0v) is 22.9. The van der Waals surface area contributed by atoms with Crippen LogP contribution in [-0.4, -0.2) is 66.9 Å². The van der Waals surface area contributed by atoms with Gasteiger partial charge in [0.25, 0.3) is 5.91 Å². The van der Waals surface area contributed by atoms with Crippen LogP contribution >= 0.6 is 0 Å². The molecule has 0 atom stereocenters. The van der Waals surface area contributed by atoms with E-state index in [9.17, 15) is 9.90 Å². The largest absolute Gasteiger partial charge is 0.507 e. The summed E-state index contributed by atoms with van der Waals surface area (Å²) in [5.41, 5.74) is 6.20. The fraction of sp³-hybridized carbons (Fsp3) is 0.517. The summed E-state index contributed by atoms with van der Waals surface area (Å²) in [5.74, 6) is 0.919. The first-order valence-electron chi connectivity index (χ1n) is 12.6. The van der Waals surface area contributed by atoms with Gasteiger partial charge in [-0.05, 0) is 40.2 Å². The Morgan fingerprint density at radius 3 is 2.17 bits per heavy atom. The molecule has 7 heteroatoms. The van der Waals surface area contributed by atoms with Gasteiger partial charge in [-0.25, -0.2) is 5.43 Å². The predicted molar refractivity (Wildman–Crippen MR) is 146 cm³/mol. The Kier molecular flexibility index (Phi) is 8.80. The molecule has 2 N–H and O–H groups in total. The first-order chi connectivity index (χ1) is 16.9. The van der Waals surface area contributed by atoms with E-state index in [-0.39, 0.29) is 22.5 Å². The van der Waals surface area contributed by atoms with Crippen LogP contribution in [0.4, 0.5) is 0 Å². The van der Waals surface area contributed by atoms with Crippen LogP contribution in [0.25, 0.3) is 0 Å². The third kappa shape index (κ3) is 7.55. The maximum absolute atomic E-state index is 12.5. The second-order valence-electron chi connectivity index (χ2n) is 11.7. The standard InChI is InChI=1S/C29H42N4O3/c1-28(2,3)23-16-22(27(35)25(17-23)29(4,5)6)18-30-31-26(34)20-33-14-12-32(13-15-33)19-21-8-10-24(36-7)11-9-21/h8-11,16-18,35H,12-15,19-20H2,1-7H3,(H,31,34)/b30-18-. The minimum absolute atomic E-state index is 0.0743. The number of phenolic OH excluding ortho intramolecular Hbond substituents is 1. The van der Waals surface area contributed by atoms with Gasteiger partial charge in [-0.3, -0.25) is 14.6 Å². The molecule has 1 fully saturated rings. The molecule has 1 aliphatic heterocycles. The summed E-state index contributed by atoms with van der Waals surface area (Å²) in [7, 11) is 1.67. The van der Waals surface area contributed by atoms with Gasteiger partial charge in [0.2, 0.25) is 0 Å². The highest BCUT2D eigenvalue weighted by molar-refractivity contribution is 5.86. The van der Waals surface area contributed by atoms with Crippen molar-refractivity contribution in [1.82, 2.24) is 15.2 Å². The fourth-order valence-electron chi connectivity index (χ4n) is 4.27. The summed E-state index contributed by atoms with van der Waals surface area (Å²) in [5, 5.41) is 15.0. The second-order valence-corrected chi connectivity index (χ2v) is 11.7. The Labute approximate surface area is 216 Å². The average Bonchev–Trinajstić information content (AvgIpc) is 2.80. The minimum atomic E-state index is -0.216. The van der Waals surface area contributed by atoms with Crippen LogP contribution in [0.2, 0.25) is 0 Å². The minimum Gasteiger partial charge on any atom is -0.507 e. The number of carbonyl (C=O) groups excluding carboxylic acids is 1. The lowest BCUT2D eigenvalue weighted by molar-refractivity contribution is -0.122. The monoisotopic (exact) mass is 494 g/mol. The lowest BCUT2D eigenvalue weighted by atomic mass is 9.79. The topological polar surface area (TPSA) is 77.4 Å². The number of rotatable bonds is 7. The van der Waals surface area contributed by atoms with Crippen molar-refractivity contribution in [2.75, 3.05) is 39.8 Å². The van der Waals surface area contributed by atoms with Gasteiger partial charge in [0.1, 0.15) is 11.5 Å². The zero-order valence-electron chi connectivity index (χ0n) is 22.9. The van der Waals surface area contributed by atoms with E-state index in [0.717, 1.165) is 49.6 Å². The first-order valence-corrected chi connectivity index (χ1v) is 12.6. The van der Waals surface area contributed by atoms with Crippen LogP contribution < -0.4 is 10.2 Å². The Balaban J connectivity index is 1.53. The van der Waals surface area contributed by atoms with E-state index in [1.807, 2.05) is 18.2 Å². The SMILES string of the molecule is COc1ccc(CN2CCN(CC(=O)N/N=C\c3cc(C(C)(C)C)cc(C(C)(C)C)c3O)CC2)cc1. The van der Waals surface area contributed by atoms with Crippen molar-refractivity contribution in [3.63, 3.8) is 0 Å². The smallest absolute Gasteiger partial charge is 0.254 e. The molecule has 2 aromatic carbocycles. The Bertz CT molecular complexity index is 1060. The number of piperazine rings is 1. The highest BCUT2D eigenvalue weighted by Gasteiger charge is 2.24. The van der Waals surface area contributed by atoms with E-state index >= 15 is 0 Å². The van der Waals surface area contributed by atoms with Gasteiger partial charge in [-0.15, -0.1) is 0 Å². The molecule has 2 aromatic rings. The molecule has 0 aromatic heterocycles. The van der Waals surface area contributed by atoms with Crippen molar-refractivity contribution >= 4 is 12.1 Å². The van der Waals surface area contributed by atoms with Crippen LogP contribution in [0.15, 0.2) is 41.5 Å². The molecule has 36 heavy (non-hydrogen) atoms. The van der Waals surface area contributed by atoms with Gasteiger partial charge >= 0.3 is 0 Å². The summed E-state index contributed by atoms with van der Waals surface area (Å²) >= 11 is 0. The van der Waals surface area contributed by atoms with E-state index in [0.29, 0.717) is 12.1 Å². The van der Waals surface area contributed by atoms with E-state index in [2.05, 4.69) is 80.1 Å². The van der Waals surface area contributed by atoms with E-state index in [1.54, 1.807) is 13.3 Å². The number of nitrogens with zero attached hydrogens (tertiary/aromatic N) is 3. The molecule has 0 saturated carbocycles. The number of ether oxygens (including phenoxy) is 1. The van der Waals surface area contributed by atoms with Crippen molar-refractivity contribution in [2.24, 2.45) is 5.10 Å². The van der Waals surface area contributed by atoms with Gasteiger partial charge in [-0.2, -0.15) is 5.10 Å². The molecular weight excluding hydrogens is 452 g/mol. The molecule has 0 bridgehead atoms. The maximum atomic E-state index is 12.5. The number of hydrogen-bond acceptors (Lipinski definition) is 6. The maximum Gasteiger partial charge on any atom is 0.254 e. The molecule has 196 valence electrons. The highest BCUT2D eigenvalue weighted by Crippen LogP contribution is 2.37. The third-order valence-corrected chi connectivity index (χ3v) is 6.60. The van der Waals surface area contributed by atoms with E-state index < -0.39 is 0 Å². The van der Waals surface area contributed by atoms with Crippen LogP contribution in [0.1, 0.15) is 63.8 Å². The number of benzene rings is 2. The average molecular weight is 495 g/mol. The van der Waals surface area contributed by atoms with Crippen molar-refractivity contribution in [3.8, 4) is 11.5 Å². The highest BCUT2D eigenvalue weighted by atomic mass is 16.5. The fourth-order valence-corrected chi connectivity index (χ4v) is 4.27. The van der Waals surface area contributed by atoms with Gasteiger partial charge in [0, 0.05) is 43.9 Å². The molecule has 7 nitrogen and oxygen atoms in total. The van der Waals surface area contributed by atoms with Gasteiger partial charge in [0.05, 0.1) is 19.9 Å². The van der Waals surface area contributed by atoms with E-state index in [1.165, 1.54) is 5.56 Å². The summed E-state index contributed by atoms with van der Waals surface area (Å²) in [4.78, 5) is 17.1. The Morgan fingerprint density at radius 2 is 1.61 bits per heavy atom. The van der Waals surface area contributed by atoms with Crippen molar-refractivity contribution in [3.05, 3.63) is 58.7 Å². The number of phenols is 1. The van der Waals surface area contributed by atoms with Crippen molar-refractivity contribution in [2.45, 2.75) is 58.9 Å². The molecule has 1 amide bonds. The number of hydrazone groups is 1. The lowest BCUT2D eigenvalue weighted by Crippen LogP contribution is -2.48.